The molecule has 0 spiro atoms. The first-order chi connectivity index (χ1) is 8.00. The molecule has 104 valence electrons. The van der Waals surface area contributed by atoms with Crippen LogP contribution in [0.5, 0.6) is 0 Å². The SMILES string of the molecule is CN(C)S(=O)(=O)CC1CNCC1c1ccco1.Cl. The lowest BCUT2D eigenvalue weighted by molar-refractivity contribution is 0.425. The predicted octanol–water partition coefficient (Wildman–Crippen LogP) is 0.896. The first-order valence-electron chi connectivity index (χ1n) is 5.65. The summed E-state index contributed by atoms with van der Waals surface area (Å²) in [4.78, 5) is 0. The number of nitrogens with zero attached hydrogens (tertiary/aromatic N) is 1. The second kappa shape index (κ2) is 6.06. The van der Waals surface area contributed by atoms with Gasteiger partial charge in [-0.2, -0.15) is 0 Å². The summed E-state index contributed by atoms with van der Waals surface area (Å²) in [6.07, 6.45) is 1.63. The van der Waals surface area contributed by atoms with Crippen LogP contribution in [0.4, 0.5) is 0 Å². The molecule has 2 unspecified atom stereocenters. The van der Waals surface area contributed by atoms with E-state index in [-0.39, 0.29) is 30.0 Å². The Hall–Kier alpha value is -0.560. The number of nitrogens with one attached hydrogen (secondary N) is 1. The summed E-state index contributed by atoms with van der Waals surface area (Å²) in [7, 11) is -0.0158. The molecule has 0 aliphatic carbocycles. The van der Waals surface area contributed by atoms with Crippen LogP contribution in [0, 0.1) is 5.92 Å². The fraction of sp³-hybridized carbons (Fsp3) is 0.636. The molecule has 0 radical (unpaired) electrons. The summed E-state index contributed by atoms with van der Waals surface area (Å²) in [5, 5.41) is 3.23. The second-order valence-electron chi connectivity index (χ2n) is 4.60. The van der Waals surface area contributed by atoms with E-state index in [1.54, 1.807) is 20.4 Å². The van der Waals surface area contributed by atoms with Gasteiger partial charge in [-0.1, -0.05) is 0 Å². The van der Waals surface area contributed by atoms with Crippen molar-refractivity contribution in [2.24, 2.45) is 5.92 Å². The molecule has 1 N–H and O–H groups in total. The van der Waals surface area contributed by atoms with Crippen molar-refractivity contribution in [3.05, 3.63) is 24.2 Å². The van der Waals surface area contributed by atoms with Gasteiger partial charge in [0.05, 0.1) is 12.0 Å². The Morgan fingerprint density at radius 3 is 2.72 bits per heavy atom. The molecule has 1 aliphatic heterocycles. The zero-order valence-corrected chi connectivity index (χ0v) is 12.1. The molecule has 0 amide bonds. The fourth-order valence-electron chi connectivity index (χ4n) is 2.16. The first kappa shape index (κ1) is 15.5. The molecular formula is C11H19ClN2O3S. The molecule has 18 heavy (non-hydrogen) atoms. The molecule has 0 aromatic carbocycles. The number of hydrogen-bond donors (Lipinski definition) is 1. The third-order valence-electron chi connectivity index (χ3n) is 3.23. The van der Waals surface area contributed by atoms with Gasteiger partial charge in [0, 0.05) is 26.6 Å². The van der Waals surface area contributed by atoms with Gasteiger partial charge in [0.25, 0.3) is 0 Å². The molecule has 2 rings (SSSR count). The predicted molar refractivity (Wildman–Crippen MR) is 72.5 cm³/mol. The average molecular weight is 295 g/mol. The van der Waals surface area contributed by atoms with Crippen LogP contribution in [-0.4, -0.2) is 45.7 Å². The minimum absolute atomic E-state index is 0. The van der Waals surface area contributed by atoms with Crippen LogP contribution in [0.3, 0.4) is 0 Å². The summed E-state index contributed by atoms with van der Waals surface area (Å²) in [6.45, 7) is 1.50. The zero-order chi connectivity index (χ0) is 12.5. The quantitative estimate of drug-likeness (QED) is 0.896. The zero-order valence-electron chi connectivity index (χ0n) is 10.5. The van der Waals surface area contributed by atoms with Crippen LogP contribution < -0.4 is 5.32 Å². The van der Waals surface area contributed by atoms with Gasteiger partial charge in [-0.3, -0.25) is 0 Å². The van der Waals surface area contributed by atoms with Crippen LogP contribution in [0.15, 0.2) is 22.8 Å². The topological polar surface area (TPSA) is 62.6 Å². The van der Waals surface area contributed by atoms with Crippen LogP contribution in [0.1, 0.15) is 11.7 Å². The minimum Gasteiger partial charge on any atom is -0.469 e. The van der Waals surface area contributed by atoms with Gasteiger partial charge in [0.15, 0.2) is 0 Å². The highest BCUT2D eigenvalue weighted by Gasteiger charge is 2.34. The van der Waals surface area contributed by atoms with E-state index in [9.17, 15) is 8.42 Å². The molecule has 1 saturated heterocycles. The lowest BCUT2D eigenvalue weighted by atomic mass is 9.95. The Kier molecular flexibility index (Phi) is 5.21. The van der Waals surface area contributed by atoms with Crippen molar-refractivity contribution in [1.82, 2.24) is 9.62 Å². The van der Waals surface area contributed by atoms with E-state index in [0.717, 1.165) is 18.8 Å². The Morgan fingerprint density at radius 1 is 1.44 bits per heavy atom. The van der Waals surface area contributed by atoms with Crippen molar-refractivity contribution >= 4 is 22.4 Å². The van der Waals surface area contributed by atoms with Crippen molar-refractivity contribution in [2.75, 3.05) is 32.9 Å². The van der Waals surface area contributed by atoms with Gasteiger partial charge in [-0.25, -0.2) is 12.7 Å². The lowest BCUT2D eigenvalue weighted by Crippen LogP contribution is -2.31. The fourth-order valence-corrected chi connectivity index (χ4v) is 3.35. The van der Waals surface area contributed by atoms with E-state index in [1.807, 2.05) is 12.1 Å². The van der Waals surface area contributed by atoms with E-state index in [2.05, 4.69) is 5.32 Å². The molecule has 7 heteroatoms. The average Bonchev–Trinajstić information content (AvgIpc) is 2.85. The first-order valence-corrected chi connectivity index (χ1v) is 7.26. The highest BCUT2D eigenvalue weighted by atomic mass is 35.5. The molecule has 0 bridgehead atoms. The summed E-state index contributed by atoms with van der Waals surface area (Å²) < 4.78 is 30.4. The lowest BCUT2D eigenvalue weighted by Gasteiger charge is -2.19. The summed E-state index contributed by atoms with van der Waals surface area (Å²) in [5.41, 5.74) is 0. The molecule has 2 heterocycles. The third-order valence-corrected chi connectivity index (χ3v) is 5.19. The molecule has 5 nitrogen and oxygen atoms in total. The standard InChI is InChI=1S/C11H18N2O3S.ClH/c1-13(2)17(14,15)8-9-6-12-7-10(9)11-4-3-5-16-11;/h3-5,9-10,12H,6-8H2,1-2H3;1H. The number of sulfonamides is 1. The summed E-state index contributed by atoms with van der Waals surface area (Å²) in [5.74, 6) is 1.26. The number of hydrogen-bond acceptors (Lipinski definition) is 4. The maximum absolute atomic E-state index is 11.9. The molecule has 1 aliphatic rings. The summed E-state index contributed by atoms with van der Waals surface area (Å²) in [6, 6.07) is 3.75. The molecule has 1 aromatic heterocycles. The van der Waals surface area contributed by atoms with E-state index < -0.39 is 10.0 Å². The van der Waals surface area contributed by atoms with Gasteiger partial charge < -0.3 is 9.73 Å². The van der Waals surface area contributed by atoms with E-state index in [1.165, 1.54) is 4.31 Å². The van der Waals surface area contributed by atoms with E-state index in [0.29, 0.717) is 0 Å². The van der Waals surface area contributed by atoms with Crippen LogP contribution >= 0.6 is 12.4 Å². The van der Waals surface area contributed by atoms with Gasteiger partial charge in [0.2, 0.25) is 10.0 Å². The van der Waals surface area contributed by atoms with Gasteiger partial charge in [-0.15, -0.1) is 12.4 Å². The maximum atomic E-state index is 11.9. The molecule has 0 saturated carbocycles. The number of rotatable bonds is 4. The Balaban J connectivity index is 0.00000162. The van der Waals surface area contributed by atoms with Gasteiger partial charge in [0.1, 0.15) is 5.76 Å². The Morgan fingerprint density at radius 2 is 2.17 bits per heavy atom. The van der Waals surface area contributed by atoms with Gasteiger partial charge in [-0.05, 0) is 24.6 Å². The molecular weight excluding hydrogens is 276 g/mol. The molecule has 1 aromatic rings. The third kappa shape index (κ3) is 3.26. The number of halogens is 1. The highest BCUT2D eigenvalue weighted by Crippen LogP contribution is 2.29. The highest BCUT2D eigenvalue weighted by molar-refractivity contribution is 7.89. The van der Waals surface area contributed by atoms with Crippen molar-refractivity contribution in [1.29, 1.82) is 0 Å². The molecule has 2 atom stereocenters. The minimum atomic E-state index is -3.15. The smallest absolute Gasteiger partial charge is 0.213 e. The molecule has 1 fully saturated rings. The van der Waals surface area contributed by atoms with Crippen molar-refractivity contribution in [3.8, 4) is 0 Å². The second-order valence-corrected chi connectivity index (χ2v) is 6.83. The van der Waals surface area contributed by atoms with Crippen molar-refractivity contribution in [2.45, 2.75) is 5.92 Å². The van der Waals surface area contributed by atoms with E-state index in [4.69, 9.17) is 4.42 Å². The van der Waals surface area contributed by atoms with Crippen LogP contribution in [-0.2, 0) is 10.0 Å². The monoisotopic (exact) mass is 294 g/mol. The van der Waals surface area contributed by atoms with Crippen LogP contribution in [0.2, 0.25) is 0 Å². The maximum Gasteiger partial charge on any atom is 0.213 e. The normalized spacial score (nSPS) is 24.2. The largest absolute Gasteiger partial charge is 0.469 e. The van der Waals surface area contributed by atoms with Gasteiger partial charge >= 0.3 is 0 Å². The van der Waals surface area contributed by atoms with E-state index >= 15 is 0 Å². The van der Waals surface area contributed by atoms with Crippen molar-refractivity contribution < 1.29 is 12.8 Å². The summed E-state index contributed by atoms with van der Waals surface area (Å²) >= 11 is 0. The van der Waals surface area contributed by atoms with Crippen molar-refractivity contribution in [3.63, 3.8) is 0 Å². The number of furan rings is 1. The van der Waals surface area contributed by atoms with Crippen LogP contribution in [0.25, 0.3) is 0 Å². The Labute approximate surface area is 114 Å². The Bertz CT molecular complexity index is 459.